The van der Waals surface area contributed by atoms with Gasteiger partial charge in [-0.15, -0.1) is 0 Å². The molecule has 3 fully saturated rings. The van der Waals surface area contributed by atoms with Crippen LogP contribution in [0.25, 0.3) is 0 Å². The van der Waals surface area contributed by atoms with Crippen molar-refractivity contribution in [3.05, 3.63) is 52.0 Å². The lowest BCUT2D eigenvalue weighted by atomic mass is 9.49. The maximum atomic E-state index is 12.3. The Bertz CT molecular complexity index is 1950. The Kier molecular flexibility index (Phi) is 16.8. The van der Waals surface area contributed by atoms with Gasteiger partial charge in [-0.2, -0.15) is 0 Å². The zero-order valence-electron chi connectivity index (χ0n) is 41.3. The first-order valence-electron chi connectivity index (χ1n) is 21.0. The highest BCUT2D eigenvalue weighted by atomic mass is 79.9. The molecule has 2 aromatic rings. The Balaban J connectivity index is 0.000000263. The van der Waals surface area contributed by atoms with Crippen LogP contribution in [0.2, 0.25) is 0 Å². The van der Waals surface area contributed by atoms with Gasteiger partial charge in [0, 0.05) is 15.8 Å². The van der Waals surface area contributed by atoms with Crippen molar-refractivity contribution in [2.24, 2.45) is 0 Å². The summed E-state index contributed by atoms with van der Waals surface area (Å²) in [7, 11) is 0.916. The molecule has 64 heavy (non-hydrogen) atoms. The minimum absolute atomic E-state index is 0.254. The van der Waals surface area contributed by atoms with Crippen molar-refractivity contribution in [3.8, 4) is 0 Å². The second kappa shape index (κ2) is 19.7. The third-order valence-electron chi connectivity index (χ3n) is 11.4. The van der Waals surface area contributed by atoms with Crippen LogP contribution in [0.4, 0.5) is 21.0 Å². The first-order valence-corrected chi connectivity index (χ1v) is 21.8. The molecule has 2 N–H and O–H groups in total. The third kappa shape index (κ3) is 13.9. The highest BCUT2D eigenvalue weighted by Gasteiger charge is 2.63. The number of anilines is 2. The van der Waals surface area contributed by atoms with Crippen molar-refractivity contribution in [2.75, 3.05) is 24.9 Å². The van der Waals surface area contributed by atoms with Gasteiger partial charge in [0.05, 0.1) is 59.0 Å². The smallest absolute Gasteiger partial charge is 0.465 e. The van der Waals surface area contributed by atoms with E-state index in [0.29, 0.717) is 26.9 Å². The van der Waals surface area contributed by atoms with Gasteiger partial charge in [-0.25, -0.2) is 19.2 Å². The van der Waals surface area contributed by atoms with Crippen LogP contribution in [0.5, 0.6) is 0 Å². The molecule has 5 rings (SSSR count). The van der Waals surface area contributed by atoms with Gasteiger partial charge in [0.25, 0.3) is 0 Å². The Hall–Kier alpha value is -3.65. The van der Waals surface area contributed by atoms with Crippen LogP contribution in [0, 0.1) is 0 Å². The molecular weight excluding hydrogens is 893 g/mol. The number of methoxy groups -OCH3 is 2. The second-order valence-electron chi connectivity index (χ2n) is 20.6. The van der Waals surface area contributed by atoms with E-state index in [4.69, 9.17) is 42.1 Å². The second-order valence-corrected chi connectivity index (χ2v) is 21.4. The number of benzene rings is 2. The van der Waals surface area contributed by atoms with E-state index in [1.54, 1.807) is 65.8 Å². The van der Waals surface area contributed by atoms with Crippen molar-refractivity contribution in [1.82, 2.24) is 0 Å². The van der Waals surface area contributed by atoms with Crippen molar-refractivity contribution in [3.63, 3.8) is 0 Å². The monoisotopic (exact) mass is 960 g/mol. The number of halogens is 1. The lowest BCUT2D eigenvalue weighted by Crippen LogP contribution is -2.41. The van der Waals surface area contributed by atoms with Crippen LogP contribution < -0.4 is 16.1 Å². The largest absolute Gasteiger partial charge is 0.495 e. The molecule has 0 bridgehead atoms. The van der Waals surface area contributed by atoms with Crippen molar-refractivity contribution in [1.29, 1.82) is 0 Å². The molecule has 354 valence electrons. The van der Waals surface area contributed by atoms with E-state index in [1.165, 1.54) is 26.4 Å². The first-order chi connectivity index (χ1) is 28.9. The lowest BCUT2D eigenvalue weighted by Gasteiger charge is -2.32. The van der Waals surface area contributed by atoms with Crippen LogP contribution in [-0.2, 0) is 46.9 Å². The summed E-state index contributed by atoms with van der Waals surface area (Å²) < 4.78 is 56.4. The number of carbonyl (C=O) groups excluding carboxylic acids is 4. The molecule has 3 heterocycles. The summed E-state index contributed by atoms with van der Waals surface area (Å²) in [5.41, 5.74) is -1.75. The van der Waals surface area contributed by atoms with Crippen LogP contribution >= 0.6 is 15.9 Å². The Morgan fingerprint density at radius 3 is 1.17 bits per heavy atom. The first kappa shape index (κ1) is 54.7. The van der Waals surface area contributed by atoms with E-state index in [1.807, 2.05) is 83.1 Å². The number of esters is 2. The van der Waals surface area contributed by atoms with Gasteiger partial charge < -0.3 is 46.9 Å². The van der Waals surface area contributed by atoms with E-state index in [-0.39, 0.29) is 28.0 Å². The van der Waals surface area contributed by atoms with Crippen LogP contribution in [0.15, 0.2) is 40.9 Å². The number of hydrogen-bond donors (Lipinski definition) is 2. The van der Waals surface area contributed by atoms with Crippen molar-refractivity contribution in [2.45, 2.75) is 169 Å². The van der Waals surface area contributed by atoms with Gasteiger partial charge in [-0.05, 0) is 176 Å². The minimum atomic E-state index is -0.723. The highest BCUT2D eigenvalue weighted by molar-refractivity contribution is 9.10. The summed E-state index contributed by atoms with van der Waals surface area (Å²) in [5, 5.41) is 5.17. The van der Waals surface area contributed by atoms with Crippen LogP contribution in [0.3, 0.4) is 0 Å². The standard InChI is InChI=1S/C19H28BNO6.C13H16BrNO4.C12H24B2O4/c1-17(2,3)25-16(23)21-12-9-10-14(13(11-12)15(22)24-8)20-26-18(4,5)19(6,7)27-20;1-13(2,3)19-12(17)15-8-5-6-10(14)9(7-8)11(16)18-4;1-9(2)10(3,4)16-13(15-9)14-17-11(5,6)12(7,8)18-14/h9-11H,1-8H3,(H,21,23);5-7H,1-4H3,(H,15,17);1-8H3. The van der Waals surface area contributed by atoms with Gasteiger partial charge in [0.1, 0.15) is 11.2 Å². The molecule has 2 aromatic carbocycles. The molecule has 3 aliphatic heterocycles. The van der Waals surface area contributed by atoms with Gasteiger partial charge in [0.2, 0.25) is 0 Å². The molecule has 20 heteroatoms. The normalized spacial score (nSPS) is 19.9. The SMILES string of the molecule is CC1(C)OB(B2OC(C)(C)C(C)(C)O2)OC1(C)C.COC(=O)c1cc(NC(=O)OC(C)(C)C)ccc1B1OC(C)(C)C(C)(C)O1.COC(=O)c1cc(NC(=O)OC(C)(C)C)ccc1Br. The molecule has 0 atom stereocenters. The van der Waals surface area contributed by atoms with Crippen LogP contribution in [-0.4, -0.2) is 104 Å². The number of amides is 2. The van der Waals surface area contributed by atoms with Gasteiger partial charge in [0.15, 0.2) is 0 Å². The van der Waals surface area contributed by atoms with E-state index in [0.717, 1.165) is 0 Å². The quantitative estimate of drug-likeness (QED) is 0.159. The Morgan fingerprint density at radius 2 is 0.828 bits per heavy atom. The number of hydrogen-bond acceptors (Lipinski definition) is 14. The van der Waals surface area contributed by atoms with Gasteiger partial charge in [-0.1, -0.05) is 6.07 Å². The topological polar surface area (TPSA) is 185 Å². The van der Waals surface area contributed by atoms with Crippen LogP contribution in [0.1, 0.15) is 145 Å². The lowest BCUT2D eigenvalue weighted by molar-refractivity contribution is 0.00578. The van der Waals surface area contributed by atoms with Gasteiger partial charge in [-0.3, -0.25) is 10.6 Å². The Labute approximate surface area is 389 Å². The highest BCUT2D eigenvalue weighted by Crippen LogP contribution is 2.43. The zero-order valence-corrected chi connectivity index (χ0v) is 42.9. The fraction of sp³-hybridized carbons (Fsp3) is 0.636. The third-order valence-corrected chi connectivity index (χ3v) is 12.1. The molecule has 0 aliphatic carbocycles. The molecule has 3 saturated heterocycles. The summed E-state index contributed by atoms with van der Waals surface area (Å²) in [4.78, 5) is 47.4. The molecule has 0 spiro atoms. The van der Waals surface area contributed by atoms with Gasteiger partial charge >= 0.3 is 45.3 Å². The summed E-state index contributed by atoms with van der Waals surface area (Å²) in [6, 6.07) is 9.69. The fourth-order valence-electron chi connectivity index (χ4n) is 5.81. The molecule has 0 unspecified atom stereocenters. The maximum absolute atomic E-state index is 12.3. The average molecular weight is 961 g/mol. The number of ether oxygens (including phenoxy) is 4. The predicted molar refractivity (Wildman–Crippen MR) is 251 cm³/mol. The zero-order chi connectivity index (χ0) is 49.2. The number of rotatable bonds is 6. The maximum Gasteiger partial charge on any atom is 0.495 e. The number of nitrogens with one attached hydrogen (secondary N) is 2. The summed E-state index contributed by atoms with van der Waals surface area (Å²) >= 11 is 3.24. The average Bonchev–Trinajstić information content (AvgIpc) is 3.59. The number of carbonyl (C=O) groups is 4. The molecule has 0 aromatic heterocycles. The van der Waals surface area contributed by atoms with E-state index < -0.39 is 67.7 Å². The molecule has 16 nitrogen and oxygen atoms in total. The van der Waals surface area contributed by atoms with E-state index in [2.05, 4.69) is 31.3 Å². The molecule has 0 saturated carbocycles. The molecule has 2 amide bonds. The fourth-order valence-corrected chi connectivity index (χ4v) is 6.22. The predicted octanol–water partition coefficient (Wildman–Crippen LogP) is 8.95. The Morgan fingerprint density at radius 1 is 0.516 bits per heavy atom. The molecule has 0 radical (unpaired) electrons. The van der Waals surface area contributed by atoms with E-state index >= 15 is 0 Å². The summed E-state index contributed by atoms with van der Waals surface area (Å²) in [6.45, 7) is 34.6. The van der Waals surface area contributed by atoms with Crippen molar-refractivity contribution < 1.29 is 66.1 Å². The molecule has 3 aliphatic rings. The summed E-state index contributed by atoms with van der Waals surface area (Å²) in [5.74, 6) is -1.03. The van der Waals surface area contributed by atoms with Crippen molar-refractivity contribution >= 4 is 78.0 Å². The molecular formula is C44H68B3BrN2O14. The van der Waals surface area contributed by atoms with E-state index in [9.17, 15) is 19.2 Å². The minimum Gasteiger partial charge on any atom is -0.465 e. The summed E-state index contributed by atoms with van der Waals surface area (Å²) in [6.07, 6.45) is -1.19.